The number of thioether (sulfide) groups is 1. The van der Waals surface area contributed by atoms with Crippen LogP contribution in [0.15, 0.2) is 53.9 Å². The van der Waals surface area contributed by atoms with Gasteiger partial charge in [-0.25, -0.2) is 15.1 Å². The summed E-state index contributed by atoms with van der Waals surface area (Å²) < 4.78 is 28.8. The zero-order valence-corrected chi connectivity index (χ0v) is 17.2. The van der Waals surface area contributed by atoms with Gasteiger partial charge in [-0.1, -0.05) is 30.3 Å². The predicted octanol–water partition coefficient (Wildman–Crippen LogP) is 2.26. The van der Waals surface area contributed by atoms with Crippen LogP contribution in [-0.2, 0) is 20.2 Å². The zero-order chi connectivity index (χ0) is 20.4. The molecule has 2 heterocycles. The van der Waals surface area contributed by atoms with Crippen molar-refractivity contribution in [3.63, 3.8) is 0 Å². The highest BCUT2D eigenvalue weighted by atomic mass is 32.2. The number of aliphatic hydroxyl groups excluding tert-OH is 1. The van der Waals surface area contributed by atoms with Gasteiger partial charge in [-0.3, -0.25) is 4.18 Å². The van der Waals surface area contributed by atoms with Gasteiger partial charge < -0.3 is 9.67 Å². The van der Waals surface area contributed by atoms with E-state index in [-0.39, 0.29) is 18.6 Å². The van der Waals surface area contributed by atoms with E-state index in [4.69, 9.17) is 5.14 Å². The smallest absolute Gasteiger partial charge is 0.333 e. The Hall–Kier alpha value is -1.98. The highest BCUT2D eigenvalue weighted by Crippen LogP contribution is 2.38. The quantitative estimate of drug-likeness (QED) is 0.432. The lowest BCUT2D eigenvalue weighted by molar-refractivity contribution is 0.100. The number of nitrogens with zero attached hydrogens (tertiary/aromatic N) is 3. The number of rotatable bonds is 7. The Morgan fingerprint density at radius 2 is 2.00 bits per heavy atom. The van der Waals surface area contributed by atoms with Gasteiger partial charge in [0.1, 0.15) is 17.0 Å². The first-order valence-electron chi connectivity index (χ1n) is 9.24. The second-order valence-electron chi connectivity index (χ2n) is 7.14. The van der Waals surface area contributed by atoms with Crippen molar-refractivity contribution in [2.24, 2.45) is 11.1 Å². The van der Waals surface area contributed by atoms with Crippen LogP contribution in [0, 0.1) is 5.92 Å². The molecule has 8 nitrogen and oxygen atoms in total. The maximum Gasteiger partial charge on any atom is 0.333 e. The molecule has 0 amide bonds. The normalized spacial score (nSPS) is 22.3. The minimum atomic E-state index is -4.02. The van der Waals surface area contributed by atoms with Crippen molar-refractivity contribution in [1.29, 1.82) is 0 Å². The summed E-state index contributed by atoms with van der Waals surface area (Å²) in [6.45, 7) is -0.122. The van der Waals surface area contributed by atoms with Crippen molar-refractivity contribution >= 4 is 33.1 Å². The van der Waals surface area contributed by atoms with Crippen molar-refractivity contribution < 1.29 is 17.7 Å². The van der Waals surface area contributed by atoms with Crippen molar-refractivity contribution in [3.05, 3.63) is 54.5 Å². The Kier molecular flexibility index (Phi) is 5.88. The molecule has 2 aromatic heterocycles. The molecular formula is C19H22N4O4S2. The molecule has 1 aliphatic rings. The summed E-state index contributed by atoms with van der Waals surface area (Å²) in [6, 6.07) is 12.2. The van der Waals surface area contributed by atoms with Crippen LogP contribution >= 0.6 is 11.8 Å². The molecule has 3 atom stereocenters. The number of nitrogens with two attached hydrogens (primary N) is 1. The molecule has 1 fully saturated rings. The maximum absolute atomic E-state index is 11.0. The highest BCUT2D eigenvalue weighted by Gasteiger charge is 2.35. The first-order valence-corrected chi connectivity index (χ1v) is 11.7. The minimum Gasteiger partial charge on any atom is -0.393 e. The fourth-order valence-corrected chi connectivity index (χ4v) is 5.04. The fourth-order valence-electron chi connectivity index (χ4n) is 3.75. The van der Waals surface area contributed by atoms with E-state index in [0.717, 1.165) is 21.8 Å². The molecule has 1 aromatic carbocycles. The number of aliphatic hydroxyl groups is 1. The maximum atomic E-state index is 11.0. The third kappa shape index (κ3) is 4.78. The molecule has 0 spiro atoms. The molecular weight excluding hydrogens is 412 g/mol. The molecule has 0 bridgehead atoms. The van der Waals surface area contributed by atoms with Crippen molar-refractivity contribution in [2.75, 3.05) is 6.61 Å². The molecule has 1 aliphatic carbocycles. The summed E-state index contributed by atoms with van der Waals surface area (Å²) in [4.78, 5) is 8.88. The predicted molar refractivity (Wildman–Crippen MR) is 110 cm³/mol. The molecule has 0 aliphatic heterocycles. The summed E-state index contributed by atoms with van der Waals surface area (Å²) in [6.07, 6.45) is 3.93. The molecule has 29 heavy (non-hydrogen) atoms. The Balaban J connectivity index is 1.50. The highest BCUT2D eigenvalue weighted by molar-refractivity contribution is 7.98. The summed E-state index contributed by atoms with van der Waals surface area (Å²) in [5.41, 5.74) is 2.03. The Labute approximate surface area is 173 Å². The van der Waals surface area contributed by atoms with E-state index in [1.165, 1.54) is 5.56 Å². The summed E-state index contributed by atoms with van der Waals surface area (Å²) in [5, 5.41) is 17.1. The van der Waals surface area contributed by atoms with Gasteiger partial charge in [0.05, 0.1) is 18.1 Å². The molecule has 3 N–H and O–H groups in total. The Morgan fingerprint density at radius 1 is 1.21 bits per heavy atom. The van der Waals surface area contributed by atoms with Gasteiger partial charge in [0, 0.05) is 23.9 Å². The lowest BCUT2D eigenvalue weighted by Crippen LogP contribution is -2.24. The van der Waals surface area contributed by atoms with E-state index in [9.17, 15) is 13.5 Å². The zero-order valence-electron chi connectivity index (χ0n) is 15.6. The van der Waals surface area contributed by atoms with E-state index in [0.29, 0.717) is 12.8 Å². The van der Waals surface area contributed by atoms with Gasteiger partial charge in [-0.2, -0.15) is 8.42 Å². The van der Waals surface area contributed by atoms with Crippen LogP contribution in [-0.4, -0.2) is 40.8 Å². The van der Waals surface area contributed by atoms with Crippen LogP contribution in [0.25, 0.3) is 11.0 Å². The van der Waals surface area contributed by atoms with Crippen LogP contribution in [0.5, 0.6) is 0 Å². The van der Waals surface area contributed by atoms with E-state index in [1.807, 2.05) is 35.0 Å². The lowest BCUT2D eigenvalue weighted by Gasteiger charge is -2.14. The second-order valence-corrected chi connectivity index (χ2v) is 9.33. The average Bonchev–Trinajstić information content (AvgIpc) is 3.28. The molecule has 0 saturated heterocycles. The molecule has 0 unspecified atom stereocenters. The summed E-state index contributed by atoms with van der Waals surface area (Å²) in [5.74, 6) is 0.511. The van der Waals surface area contributed by atoms with E-state index < -0.39 is 16.4 Å². The van der Waals surface area contributed by atoms with Crippen molar-refractivity contribution in [3.8, 4) is 0 Å². The standard InChI is InChI=1S/C19H22N4O4S2/c20-29(25,26)27-10-14-8-15(9-17(14)24)23-7-6-16-18(23)21-12-22-19(16)28-11-13-4-2-1-3-5-13/h1-7,12,14-15,17,24H,8-11H2,(H2,20,25,26)/t14-,15+,17-/m0/s1. The summed E-state index contributed by atoms with van der Waals surface area (Å²) in [7, 11) is -4.02. The van der Waals surface area contributed by atoms with Crippen molar-refractivity contribution in [1.82, 2.24) is 14.5 Å². The number of hydrogen-bond donors (Lipinski definition) is 2. The van der Waals surface area contributed by atoms with Crippen LogP contribution in [0.3, 0.4) is 0 Å². The van der Waals surface area contributed by atoms with E-state index in [1.54, 1.807) is 18.1 Å². The van der Waals surface area contributed by atoms with Gasteiger partial charge in [0.25, 0.3) is 0 Å². The van der Waals surface area contributed by atoms with Gasteiger partial charge >= 0.3 is 10.3 Å². The topological polar surface area (TPSA) is 120 Å². The SMILES string of the molecule is NS(=O)(=O)OC[C@@H]1C[C@@H](n2ccc3c(SCc4ccccc4)ncnc32)C[C@@H]1O. The largest absolute Gasteiger partial charge is 0.393 e. The van der Waals surface area contributed by atoms with Gasteiger partial charge in [-0.15, -0.1) is 11.8 Å². The monoisotopic (exact) mass is 434 g/mol. The van der Waals surface area contributed by atoms with Crippen LogP contribution in [0.2, 0.25) is 0 Å². The van der Waals surface area contributed by atoms with Crippen LogP contribution in [0.1, 0.15) is 24.4 Å². The molecule has 3 aromatic rings. The Bertz CT molecular complexity index is 1090. The van der Waals surface area contributed by atoms with Gasteiger partial charge in [-0.05, 0) is 24.5 Å². The average molecular weight is 435 g/mol. The third-order valence-electron chi connectivity index (χ3n) is 5.16. The van der Waals surface area contributed by atoms with Gasteiger partial charge in [0.2, 0.25) is 0 Å². The first-order chi connectivity index (χ1) is 13.9. The third-order valence-corrected chi connectivity index (χ3v) is 6.70. The summed E-state index contributed by atoms with van der Waals surface area (Å²) >= 11 is 1.66. The molecule has 1 saturated carbocycles. The number of hydrogen-bond acceptors (Lipinski definition) is 7. The van der Waals surface area contributed by atoms with E-state index >= 15 is 0 Å². The second kappa shape index (κ2) is 8.41. The van der Waals surface area contributed by atoms with Crippen LogP contribution < -0.4 is 5.14 Å². The molecule has 4 rings (SSSR count). The van der Waals surface area contributed by atoms with E-state index in [2.05, 4.69) is 26.3 Å². The van der Waals surface area contributed by atoms with Crippen LogP contribution in [0.4, 0.5) is 0 Å². The molecule has 0 radical (unpaired) electrons. The molecule has 154 valence electrons. The van der Waals surface area contributed by atoms with Gasteiger partial charge in [0.15, 0.2) is 0 Å². The number of aromatic nitrogens is 3. The number of fused-ring (bicyclic) bond motifs is 1. The van der Waals surface area contributed by atoms with Crippen molar-refractivity contribution in [2.45, 2.75) is 35.8 Å². The Morgan fingerprint density at radius 3 is 2.76 bits per heavy atom. The fraction of sp³-hybridized carbons (Fsp3) is 0.368. The number of benzene rings is 1. The first kappa shape index (κ1) is 20.3. The minimum absolute atomic E-state index is 0.00143. The molecule has 10 heteroatoms. The lowest BCUT2D eigenvalue weighted by atomic mass is 10.1.